The molecule has 8 rings (SSSR count). The number of aryl methyl sites for hydroxylation is 1. The minimum atomic E-state index is -1.16. The molecular weight excluding hydrogens is 829 g/mol. The monoisotopic (exact) mass is 890 g/mol. The zero-order chi connectivity index (χ0) is 46.5. The number of amides is 4. The average molecular weight is 891 g/mol. The van der Waals surface area contributed by atoms with Gasteiger partial charge in [0.05, 0.1) is 17.3 Å². The van der Waals surface area contributed by atoms with Gasteiger partial charge < -0.3 is 34.7 Å². The minimum Gasteiger partial charge on any atom is -0.599 e. The predicted molar refractivity (Wildman–Crippen MR) is 244 cm³/mol. The fourth-order valence-corrected chi connectivity index (χ4v) is 10.7. The van der Waals surface area contributed by atoms with Gasteiger partial charge in [0.1, 0.15) is 30.5 Å². The maximum Gasteiger partial charge on any atom is 0.259 e. The maximum absolute atomic E-state index is 14.8. The molecular formula is C49H62N8O8. The van der Waals surface area contributed by atoms with E-state index in [1.807, 2.05) is 32.0 Å². The quantitative estimate of drug-likeness (QED) is 0.148. The zero-order valence-corrected chi connectivity index (χ0v) is 38.4. The molecule has 4 aromatic rings. The predicted octanol–water partition coefficient (Wildman–Crippen LogP) is 4.23. The van der Waals surface area contributed by atoms with E-state index in [1.165, 1.54) is 16.0 Å². The lowest BCUT2D eigenvalue weighted by molar-refractivity contribution is -1.08. The van der Waals surface area contributed by atoms with Crippen LogP contribution >= 0.6 is 0 Å². The summed E-state index contributed by atoms with van der Waals surface area (Å²) in [5.41, 5.74) is 9.47. The lowest BCUT2D eigenvalue weighted by Gasteiger charge is -2.44. The van der Waals surface area contributed by atoms with E-state index < -0.39 is 52.7 Å². The number of phenols is 1. The highest BCUT2D eigenvalue weighted by molar-refractivity contribution is 5.97. The van der Waals surface area contributed by atoms with E-state index in [9.17, 15) is 29.5 Å². The Labute approximate surface area is 380 Å². The molecule has 16 nitrogen and oxygen atoms in total. The van der Waals surface area contributed by atoms with Crippen LogP contribution in [0, 0.1) is 22.5 Å². The Kier molecular flexibility index (Phi) is 12.9. The lowest BCUT2D eigenvalue weighted by Crippen LogP contribution is -3.13. The summed E-state index contributed by atoms with van der Waals surface area (Å²) in [6.07, 6.45) is 3.06. The van der Waals surface area contributed by atoms with Crippen molar-refractivity contribution in [2.24, 2.45) is 17.3 Å². The Morgan fingerprint density at radius 2 is 1.94 bits per heavy atom. The van der Waals surface area contributed by atoms with E-state index in [0.29, 0.717) is 43.5 Å². The number of pyridine rings is 1. The van der Waals surface area contributed by atoms with Crippen LogP contribution < -0.4 is 16.0 Å². The van der Waals surface area contributed by atoms with Gasteiger partial charge >= 0.3 is 0 Å². The summed E-state index contributed by atoms with van der Waals surface area (Å²) in [5.74, 6) is -2.69. The van der Waals surface area contributed by atoms with Crippen molar-refractivity contribution < 1.29 is 39.1 Å². The molecule has 16 heteroatoms. The number of benzene rings is 2. The van der Waals surface area contributed by atoms with Crippen LogP contribution in [0.15, 0.2) is 67.4 Å². The number of ether oxygens (including phenoxy) is 1. The number of methoxy groups -OCH3 is 1. The highest BCUT2D eigenvalue weighted by Crippen LogP contribution is 2.57. The number of nitrogens with one attached hydrogen (secondary N) is 3. The molecule has 2 unspecified atom stereocenters. The molecule has 2 saturated heterocycles. The molecule has 1 aliphatic carbocycles. The summed E-state index contributed by atoms with van der Waals surface area (Å²) < 4.78 is 8.64. The number of hydroxylamine groups is 2. The van der Waals surface area contributed by atoms with E-state index in [-0.39, 0.29) is 55.5 Å². The summed E-state index contributed by atoms with van der Waals surface area (Å²) in [4.78, 5) is 69.6. The van der Waals surface area contributed by atoms with Crippen molar-refractivity contribution >= 4 is 34.5 Å². The standard InChI is InChI=1S/C49H62N8O8/c1-9-39(59)54-20-17-31(26-54)47(61)53(7)43(28(3)4)46(60)51-36-23-29-21-32(24-33(58)22-29)30-15-16-37-35(25-30)40-41(45(64-8)42-34(13-11-18-50-42)44(40)55(37)10-2)49(5,6)27-65-57(63)38-14-12-19-56(52-38)48(36)62/h9,11,13,15-16,18,21-22,24-25,28,31,36,38,41,43,45,52,57-58H,1,10,12,14,17,19-20,23,26-27H2,2-8H3,(H,51,60)/t31-,36-,38+,41?,43-,45-/m0/s1. The second-order valence-electron chi connectivity index (χ2n) is 19.0. The molecule has 2 aromatic heterocycles. The Bertz CT molecular complexity index is 2500. The van der Waals surface area contributed by atoms with Gasteiger partial charge in [0, 0.05) is 87.2 Å². The van der Waals surface area contributed by atoms with E-state index in [1.54, 1.807) is 37.4 Å². The topological polar surface area (TPSA) is 186 Å². The summed E-state index contributed by atoms with van der Waals surface area (Å²) in [5, 5.41) is 30.3. The number of likely N-dealkylation sites (N-methyl/N-ethyl adjacent to an activating group) is 1. The van der Waals surface area contributed by atoms with E-state index in [2.05, 4.69) is 60.9 Å². The largest absolute Gasteiger partial charge is 0.599 e. The van der Waals surface area contributed by atoms with Crippen molar-refractivity contribution in [3.8, 4) is 28.1 Å². The molecule has 4 aliphatic rings. The highest BCUT2D eigenvalue weighted by Gasteiger charge is 2.48. The van der Waals surface area contributed by atoms with Crippen LogP contribution in [-0.4, -0.2) is 112 Å². The summed E-state index contributed by atoms with van der Waals surface area (Å²) in [7, 11) is 3.27. The number of phenolic OH excluding ortho intramolecular Hbond substituents is 1. The van der Waals surface area contributed by atoms with Gasteiger partial charge in [-0.3, -0.25) is 29.2 Å². The van der Waals surface area contributed by atoms with Crippen molar-refractivity contribution in [2.75, 3.05) is 40.4 Å². The number of aromatic hydroxyl groups is 1. The SMILES string of the molecule is C=CC(=O)N1CC[C@H](C(=O)N(C)[C@H](C(=O)N[C@H]2Cc3cc(O)cc(c3)-c3ccc4c(c3)c3c(n4CC)-c4cccnc4[C@@H](OC)C3C(C)(C)CO[NH+]([O-])[C@@H]3CCCN(N3)C2=O)C(C)C)C1. The number of aromatic nitrogens is 2. The first-order chi connectivity index (χ1) is 31.1. The maximum atomic E-state index is 14.8. The number of carbonyl (C=O) groups is 4. The number of carbonyl (C=O) groups excluding carboxylic acids is 4. The van der Waals surface area contributed by atoms with Crippen molar-refractivity contribution in [2.45, 2.75) is 97.1 Å². The third kappa shape index (κ3) is 8.53. The molecule has 0 saturated carbocycles. The second kappa shape index (κ2) is 18.3. The van der Waals surface area contributed by atoms with Crippen molar-refractivity contribution in [1.82, 2.24) is 35.1 Å². The van der Waals surface area contributed by atoms with E-state index in [0.717, 1.165) is 39.0 Å². The molecule has 3 aliphatic heterocycles. The lowest BCUT2D eigenvalue weighted by atomic mass is 9.67. The molecule has 6 bridgehead atoms. The van der Waals surface area contributed by atoms with Crippen LogP contribution in [0.25, 0.3) is 33.3 Å². The molecule has 2 fully saturated rings. The van der Waals surface area contributed by atoms with E-state index >= 15 is 0 Å². The Hall–Kier alpha value is -5.65. The van der Waals surface area contributed by atoms with Gasteiger partial charge in [0.15, 0.2) is 6.17 Å². The molecule has 7 atom stereocenters. The van der Waals surface area contributed by atoms with Gasteiger partial charge in [-0.1, -0.05) is 46.4 Å². The van der Waals surface area contributed by atoms with Crippen LogP contribution in [0.4, 0.5) is 0 Å². The molecule has 65 heavy (non-hydrogen) atoms. The van der Waals surface area contributed by atoms with Crippen molar-refractivity contribution in [3.63, 3.8) is 0 Å². The van der Waals surface area contributed by atoms with Gasteiger partial charge in [-0.05, 0) is 90.4 Å². The smallest absolute Gasteiger partial charge is 0.259 e. The molecule has 0 spiro atoms. The van der Waals surface area contributed by atoms with Gasteiger partial charge in [-0.15, -0.1) is 0 Å². The number of fused-ring (bicyclic) bond motifs is 8. The third-order valence-corrected chi connectivity index (χ3v) is 13.9. The first kappa shape index (κ1) is 45.9. The average Bonchev–Trinajstić information content (AvgIpc) is 3.92. The molecule has 2 aromatic carbocycles. The number of rotatable bonds is 8. The number of nitrogens with zero attached hydrogens (tertiary/aromatic N) is 5. The van der Waals surface area contributed by atoms with Crippen molar-refractivity contribution in [3.05, 3.63) is 89.4 Å². The molecule has 4 N–H and O–H groups in total. The summed E-state index contributed by atoms with van der Waals surface area (Å²) >= 11 is 0. The summed E-state index contributed by atoms with van der Waals surface area (Å²) in [6, 6.07) is 13.3. The normalized spacial score (nSPS) is 24.6. The number of hydrogen-bond acceptors (Lipinski definition) is 10. The minimum absolute atomic E-state index is 0.0115. The first-order valence-corrected chi connectivity index (χ1v) is 22.8. The van der Waals surface area contributed by atoms with Crippen LogP contribution in [0.2, 0.25) is 0 Å². The highest BCUT2D eigenvalue weighted by atomic mass is 16.9. The van der Waals surface area contributed by atoms with Crippen LogP contribution in [0.3, 0.4) is 0 Å². The second-order valence-corrected chi connectivity index (χ2v) is 19.0. The fourth-order valence-electron chi connectivity index (χ4n) is 10.7. The molecule has 0 radical (unpaired) electrons. The molecule has 5 heterocycles. The van der Waals surface area contributed by atoms with E-state index in [4.69, 9.17) is 14.6 Å². The Morgan fingerprint density at radius 1 is 1.15 bits per heavy atom. The van der Waals surface area contributed by atoms with Crippen LogP contribution in [0.1, 0.15) is 82.7 Å². The molecule has 346 valence electrons. The number of likely N-dealkylation sites (tertiary alicyclic amines) is 1. The summed E-state index contributed by atoms with van der Waals surface area (Å²) in [6.45, 7) is 15.1. The van der Waals surface area contributed by atoms with Gasteiger partial charge in [-0.2, -0.15) is 5.43 Å². The van der Waals surface area contributed by atoms with Gasteiger partial charge in [0.25, 0.3) is 5.91 Å². The van der Waals surface area contributed by atoms with Gasteiger partial charge in [-0.25, -0.2) is 10.1 Å². The Morgan fingerprint density at radius 3 is 2.66 bits per heavy atom. The number of hydrogen-bond donors (Lipinski definition) is 4. The van der Waals surface area contributed by atoms with Crippen molar-refractivity contribution in [1.29, 1.82) is 0 Å². The molecule has 4 amide bonds. The third-order valence-electron chi connectivity index (χ3n) is 13.9. The fraction of sp³-hybridized carbons (Fsp3) is 0.490. The Balaban J connectivity index is 1.21. The first-order valence-electron chi connectivity index (χ1n) is 22.8. The van der Waals surface area contributed by atoms with Crippen LogP contribution in [-0.2, 0) is 41.7 Å². The number of quaternary nitrogens is 1. The van der Waals surface area contributed by atoms with Gasteiger partial charge in [0.2, 0.25) is 17.7 Å². The zero-order valence-electron chi connectivity index (χ0n) is 38.4. The van der Waals surface area contributed by atoms with Crippen LogP contribution in [0.5, 0.6) is 5.75 Å². The number of hydrazine groups is 1.